The minimum Gasteiger partial charge on any atom is -0.481 e. The third kappa shape index (κ3) is 4.04. The zero-order chi connectivity index (χ0) is 19.7. The van der Waals surface area contributed by atoms with Gasteiger partial charge in [0.05, 0.1) is 5.41 Å². The Balaban J connectivity index is 1.64. The Bertz CT molecular complexity index is 695. The monoisotopic (exact) mass is 384 g/mol. The Hall–Kier alpha value is -2.25. The van der Waals surface area contributed by atoms with Crippen LogP contribution in [0.25, 0.3) is 0 Å². The Morgan fingerprint density at radius 1 is 1.30 bits per heavy atom. The molecule has 0 radical (unpaired) electrons. The van der Waals surface area contributed by atoms with Crippen LogP contribution >= 0.6 is 0 Å². The molecule has 1 heterocycles. The number of alkyl halides is 3. The molecule has 1 saturated carbocycles. The lowest BCUT2D eigenvalue weighted by Crippen LogP contribution is -2.51. The fourth-order valence-corrected chi connectivity index (χ4v) is 4.31. The maximum absolute atomic E-state index is 13.4. The van der Waals surface area contributed by atoms with Crippen LogP contribution in [-0.4, -0.2) is 47.3 Å². The van der Waals surface area contributed by atoms with Gasteiger partial charge in [0.25, 0.3) is 0 Å². The molecule has 1 aromatic carbocycles. The molecule has 8 heteroatoms. The van der Waals surface area contributed by atoms with E-state index in [0.29, 0.717) is 12.8 Å². The van der Waals surface area contributed by atoms with Gasteiger partial charge >= 0.3 is 18.2 Å². The minimum absolute atomic E-state index is 0.0257. The number of likely N-dealkylation sites (tertiary alicyclic amines) is 1. The first-order valence-corrected chi connectivity index (χ1v) is 9.12. The van der Waals surface area contributed by atoms with Gasteiger partial charge in [0.15, 0.2) is 0 Å². The van der Waals surface area contributed by atoms with E-state index in [2.05, 4.69) is 5.32 Å². The van der Waals surface area contributed by atoms with Crippen molar-refractivity contribution in [1.29, 1.82) is 0 Å². The Kier molecular flexibility index (Phi) is 5.35. The lowest BCUT2D eigenvalue weighted by Gasteiger charge is -2.26. The Morgan fingerprint density at radius 3 is 2.59 bits per heavy atom. The molecule has 27 heavy (non-hydrogen) atoms. The van der Waals surface area contributed by atoms with Crippen LogP contribution in [0.15, 0.2) is 30.3 Å². The quantitative estimate of drug-likeness (QED) is 0.817. The second-order valence-corrected chi connectivity index (χ2v) is 7.50. The predicted molar refractivity (Wildman–Crippen MR) is 92.1 cm³/mol. The van der Waals surface area contributed by atoms with E-state index in [-0.39, 0.29) is 31.8 Å². The van der Waals surface area contributed by atoms with Gasteiger partial charge in [-0.3, -0.25) is 4.79 Å². The van der Waals surface area contributed by atoms with E-state index >= 15 is 0 Å². The molecule has 0 bridgehead atoms. The van der Waals surface area contributed by atoms with Crippen molar-refractivity contribution in [2.45, 2.75) is 44.3 Å². The van der Waals surface area contributed by atoms with E-state index in [4.69, 9.17) is 0 Å². The summed E-state index contributed by atoms with van der Waals surface area (Å²) in [6.07, 6.45) is -2.72. The van der Waals surface area contributed by atoms with E-state index < -0.39 is 29.6 Å². The van der Waals surface area contributed by atoms with Crippen molar-refractivity contribution >= 4 is 12.0 Å². The van der Waals surface area contributed by atoms with Crippen LogP contribution < -0.4 is 5.32 Å². The van der Waals surface area contributed by atoms with Gasteiger partial charge in [-0.1, -0.05) is 36.8 Å². The van der Waals surface area contributed by atoms with Gasteiger partial charge in [-0.05, 0) is 37.2 Å². The number of hydrogen-bond donors (Lipinski definition) is 2. The number of carboxylic acids is 1. The predicted octanol–water partition coefficient (Wildman–Crippen LogP) is 3.45. The lowest BCUT2D eigenvalue weighted by molar-refractivity contribution is -0.155. The molecule has 0 aromatic heterocycles. The number of benzene rings is 1. The first-order chi connectivity index (χ1) is 12.7. The molecule has 1 aromatic rings. The molecule has 0 spiro atoms. The van der Waals surface area contributed by atoms with E-state index in [0.717, 1.165) is 12.0 Å². The second kappa shape index (κ2) is 7.40. The number of amides is 2. The normalized spacial score (nSPS) is 25.9. The molecule has 3 rings (SSSR count). The molecule has 2 aliphatic rings. The van der Waals surface area contributed by atoms with Crippen LogP contribution in [0.4, 0.5) is 18.0 Å². The van der Waals surface area contributed by atoms with Crippen molar-refractivity contribution in [3.05, 3.63) is 35.9 Å². The smallest absolute Gasteiger partial charge is 0.408 e. The number of rotatable bonds is 5. The average molecular weight is 384 g/mol. The van der Waals surface area contributed by atoms with Crippen molar-refractivity contribution in [3.8, 4) is 0 Å². The number of hydrogen-bond acceptors (Lipinski definition) is 2. The fourth-order valence-electron chi connectivity index (χ4n) is 4.31. The molecule has 1 aliphatic heterocycles. The van der Waals surface area contributed by atoms with Crippen LogP contribution in [-0.2, 0) is 11.2 Å². The number of fused-ring (bicyclic) bond motifs is 1. The Labute approximate surface area is 155 Å². The largest absolute Gasteiger partial charge is 0.481 e. The number of halogens is 3. The topological polar surface area (TPSA) is 69.6 Å². The maximum atomic E-state index is 13.4. The summed E-state index contributed by atoms with van der Waals surface area (Å²) >= 11 is 0. The molecule has 148 valence electrons. The number of aryl methyl sites for hydroxylation is 1. The third-order valence-corrected chi connectivity index (χ3v) is 5.84. The fraction of sp³-hybridized carbons (Fsp3) is 0.579. The van der Waals surface area contributed by atoms with Gasteiger partial charge in [-0.2, -0.15) is 13.2 Å². The van der Waals surface area contributed by atoms with Crippen molar-refractivity contribution in [3.63, 3.8) is 0 Å². The van der Waals surface area contributed by atoms with Gasteiger partial charge in [-0.15, -0.1) is 0 Å². The second-order valence-electron chi connectivity index (χ2n) is 7.50. The van der Waals surface area contributed by atoms with Gasteiger partial charge in [-0.25, -0.2) is 4.79 Å². The first-order valence-electron chi connectivity index (χ1n) is 9.12. The highest BCUT2D eigenvalue weighted by molar-refractivity contribution is 5.80. The van der Waals surface area contributed by atoms with Crippen molar-refractivity contribution in [2.24, 2.45) is 11.3 Å². The lowest BCUT2D eigenvalue weighted by atomic mass is 9.81. The van der Waals surface area contributed by atoms with Gasteiger partial charge in [0.2, 0.25) is 0 Å². The highest BCUT2D eigenvalue weighted by Gasteiger charge is 2.56. The SMILES string of the molecule is O=C(NC(CCc1ccccc1)C(F)(F)F)N1C[C@@H]2CCC[C@@]2(C(=O)O)C1. The van der Waals surface area contributed by atoms with Crippen LogP contribution in [0.5, 0.6) is 0 Å². The molecule has 1 saturated heterocycles. The van der Waals surface area contributed by atoms with E-state index in [1.54, 1.807) is 30.3 Å². The zero-order valence-electron chi connectivity index (χ0n) is 14.8. The first kappa shape index (κ1) is 19.5. The Morgan fingerprint density at radius 2 is 2.00 bits per heavy atom. The summed E-state index contributed by atoms with van der Waals surface area (Å²) in [6.45, 7) is 0.170. The number of carbonyl (C=O) groups is 2. The van der Waals surface area contributed by atoms with Crippen LogP contribution in [0, 0.1) is 11.3 Å². The number of nitrogens with one attached hydrogen (secondary N) is 1. The van der Waals surface area contributed by atoms with Crippen LogP contribution in [0.2, 0.25) is 0 Å². The summed E-state index contributed by atoms with van der Waals surface area (Å²) in [5.74, 6) is -1.15. The number of urea groups is 1. The number of carboxylic acid groups (broad SMARTS) is 1. The summed E-state index contributed by atoms with van der Waals surface area (Å²) in [4.78, 5) is 25.3. The summed E-state index contributed by atoms with van der Waals surface area (Å²) in [5.41, 5.74) is -0.240. The summed E-state index contributed by atoms with van der Waals surface area (Å²) in [5, 5.41) is 11.6. The van der Waals surface area contributed by atoms with Gasteiger partial charge < -0.3 is 15.3 Å². The van der Waals surface area contributed by atoms with Crippen LogP contribution in [0.3, 0.4) is 0 Å². The standard InChI is InChI=1S/C19H23F3N2O3/c20-19(21,22)15(9-8-13-5-2-1-3-6-13)23-17(27)24-11-14-7-4-10-18(14,12-24)16(25)26/h1-3,5-6,14-15H,4,7-12H2,(H,23,27)(H,25,26)/t14-,15?,18+/m0/s1. The molecule has 5 nitrogen and oxygen atoms in total. The molecule has 3 atom stereocenters. The zero-order valence-corrected chi connectivity index (χ0v) is 14.8. The molecular weight excluding hydrogens is 361 g/mol. The summed E-state index contributed by atoms with van der Waals surface area (Å²) in [7, 11) is 0. The molecule has 2 amide bonds. The van der Waals surface area contributed by atoms with Crippen molar-refractivity contribution in [1.82, 2.24) is 10.2 Å². The van der Waals surface area contributed by atoms with E-state index in [9.17, 15) is 27.9 Å². The summed E-state index contributed by atoms with van der Waals surface area (Å²) in [6, 6.07) is 5.98. The van der Waals surface area contributed by atoms with Gasteiger partial charge in [0, 0.05) is 13.1 Å². The number of aliphatic carboxylic acids is 1. The molecular formula is C19H23F3N2O3. The highest BCUT2D eigenvalue weighted by Crippen LogP contribution is 2.48. The number of nitrogens with zero attached hydrogens (tertiary/aromatic N) is 1. The van der Waals surface area contributed by atoms with Crippen LogP contribution in [0.1, 0.15) is 31.2 Å². The molecule has 1 unspecified atom stereocenters. The van der Waals surface area contributed by atoms with Gasteiger partial charge in [0.1, 0.15) is 6.04 Å². The average Bonchev–Trinajstić information content (AvgIpc) is 3.16. The molecule has 2 fully saturated rings. The van der Waals surface area contributed by atoms with Crippen molar-refractivity contribution < 1.29 is 27.9 Å². The third-order valence-electron chi connectivity index (χ3n) is 5.84. The van der Waals surface area contributed by atoms with Crippen molar-refractivity contribution in [2.75, 3.05) is 13.1 Å². The maximum Gasteiger partial charge on any atom is 0.408 e. The van der Waals surface area contributed by atoms with E-state index in [1.807, 2.05) is 0 Å². The number of carbonyl (C=O) groups excluding carboxylic acids is 1. The molecule has 1 aliphatic carbocycles. The molecule has 2 N–H and O–H groups in total. The minimum atomic E-state index is -4.56. The highest BCUT2D eigenvalue weighted by atomic mass is 19.4. The summed E-state index contributed by atoms with van der Waals surface area (Å²) < 4.78 is 40.1. The van der Waals surface area contributed by atoms with E-state index in [1.165, 1.54) is 4.90 Å².